The summed E-state index contributed by atoms with van der Waals surface area (Å²) in [6.45, 7) is 0. The molecule has 0 aliphatic rings. The molecule has 0 bridgehead atoms. The van der Waals surface area contributed by atoms with Crippen LogP contribution >= 0.6 is 12.4 Å². The zero-order valence-corrected chi connectivity index (χ0v) is 6.91. The molecule has 1 heterocycles. The maximum Gasteiger partial charge on any atom is 0.433 e. The van der Waals surface area contributed by atoms with Crippen LogP contribution in [0.15, 0.2) is 6.07 Å². The zero-order valence-electron chi connectivity index (χ0n) is 6.09. The SMILES string of the molecule is Cl.Cn1nc(N)cc1C(F)(F)F. The minimum atomic E-state index is -4.38. The Bertz CT molecular complexity index is 267. The fraction of sp³-hybridized carbons (Fsp3) is 0.400. The van der Waals surface area contributed by atoms with Gasteiger partial charge in [-0.2, -0.15) is 18.3 Å². The molecule has 0 saturated heterocycles. The molecule has 70 valence electrons. The van der Waals surface area contributed by atoms with Gasteiger partial charge in [0.1, 0.15) is 11.5 Å². The van der Waals surface area contributed by atoms with Gasteiger partial charge in [-0.3, -0.25) is 4.68 Å². The lowest BCUT2D eigenvalue weighted by Crippen LogP contribution is -2.11. The quantitative estimate of drug-likeness (QED) is 0.690. The molecule has 2 N–H and O–H groups in total. The van der Waals surface area contributed by atoms with Gasteiger partial charge in [0.15, 0.2) is 0 Å². The number of nitrogens with zero attached hydrogens (tertiary/aromatic N) is 2. The van der Waals surface area contributed by atoms with E-state index in [1.165, 1.54) is 7.05 Å². The number of alkyl halides is 3. The fourth-order valence-electron chi connectivity index (χ4n) is 0.755. The van der Waals surface area contributed by atoms with Gasteiger partial charge in [0.25, 0.3) is 0 Å². The molecule has 0 aromatic carbocycles. The Morgan fingerprint density at radius 1 is 1.50 bits per heavy atom. The maximum absolute atomic E-state index is 11.9. The molecule has 0 saturated carbocycles. The molecule has 0 amide bonds. The van der Waals surface area contributed by atoms with Gasteiger partial charge < -0.3 is 5.73 Å². The third-order valence-corrected chi connectivity index (χ3v) is 1.19. The largest absolute Gasteiger partial charge is 0.433 e. The first kappa shape index (κ1) is 11.1. The Hall–Kier alpha value is -0.910. The number of halogens is 4. The summed E-state index contributed by atoms with van der Waals surface area (Å²) >= 11 is 0. The van der Waals surface area contributed by atoms with Crippen LogP contribution in [0.3, 0.4) is 0 Å². The van der Waals surface area contributed by atoms with Gasteiger partial charge in [-0.25, -0.2) is 0 Å². The van der Waals surface area contributed by atoms with E-state index in [2.05, 4.69) is 5.10 Å². The maximum atomic E-state index is 11.9. The average Bonchev–Trinajstić information content (AvgIpc) is 2.08. The summed E-state index contributed by atoms with van der Waals surface area (Å²) in [4.78, 5) is 0. The van der Waals surface area contributed by atoms with Crippen molar-refractivity contribution in [3.63, 3.8) is 0 Å². The first-order chi connectivity index (χ1) is 4.91. The molecule has 0 atom stereocenters. The first-order valence-corrected chi connectivity index (χ1v) is 2.78. The predicted molar refractivity (Wildman–Crippen MR) is 39.9 cm³/mol. The highest BCUT2D eigenvalue weighted by atomic mass is 35.5. The van der Waals surface area contributed by atoms with Crippen molar-refractivity contribution in [2.45, 2.75) is 6.18 Å². The van der Waals surface area contributed by atoms with Gasteiger partial charge in [-0.15, -0.1) is 12.4 Å². The lowest BCUT2D eigenvalue weighted by atomic mass is 10.4. The summed E-state index contributed by atoms with van der Waals surface area (Å²) in [6.07, 6.45) is -4.38. The van der Waals surface area contributed by atoms with Crippen molar-refractivity contribution < 1.29 is 13.2 Å². The van der Waals surface area contributed by atoms with Gasteiger partial charge in [0, 0.05) is 13.1 Å². The smallest absolute Gasteiger partial charge is 0.382 e. The molecular weight excluding hydrogens is 195 g/mol. The molecule has 1 aromatic rings. The van der Waals surface area contributed by atoms with Crippen molar-refractivity contribution in [3.8, 4) is 0 Å². The Morgan fingerprint density at radius 3 is 2.17 bits per heavy atom. The summed E-state index contributed by atoms with van der Waals surface area (Å²) in [7, 11) is 1.19. The molecule has 3 nitrogen and oxygen atoms in total. The highest BCUT2D eigenvalue weighted by Gasteiger charge is 2.34. The molecule has 0 unspecified atom stereocenters. The van der Waals surface area contributed by atoms with E-state index in [0.717, 1.165) is 6.07 Å². The number of anilines is 1. The summed E-state index contributed by atoms with van der Waals surface area (Å²) in [5, 5.41) is 3.35. The van der Waals surface area contributed by atoms with Gasteiger partial charge >= 0.3 is 6.18 Å². The number of rotatable bonds is 0. The van der Waals surface area contributed by atoms with Crippen molar-refractivity contribution >= 4 is 18.2 Å². The summed E-state index contributed by atoms with van der Waals surface area (Å²) in [5.74, 6) is -0.125. The second-order valence-electron chi connectivity index (χ2n) is 2.08. The second-order valence-corrected chi connectivity index (χ2v) is 2.08. The molecule has 12 heavy (non-hydrogen) atoms. The Kier molecular flexibility index (Phi) is 2.98. The number of nitrogen functional groups attached to an aromatic ring is 1. The van der Waals surface area contributed by atoms with Crippen LogP contribution in [0.1, 0.15) is 5.69 Å². The van der Waals surface area contributed by atoms with E-state index in [-0.39, 0.29) is 18.2 Å². The average molecular weight is 202 g/mol. The molecule has 7 heteroatoms. The number of hydrogen-bond acceptors (Lipinski definition) is 2. The van der Waals surface area contributed by atoms with Crippen LogP contribution in [0.5, 0.6) is 0 Å². The minimum Gasteiger partial charge on any atom is -0.382 e. The predicted octanol–water partition coefficient (Wildman–Crippen LogP) is 1.44. The molecule has 0 aliphatic carbocycles. The monoisotopic (exact) mass is 201 g/mol. The van der Waals surface area contributed by atoms with Crippen molar-refractivity contribution in [1.82, 2.24) is 9.78 Å². The third-order valence-electron chi connectivity index (χ3n) is 1.19. The van der Waals surface area contributed by atoms with Crippen molar-refractivity contribution in [1.29, 1.82) is 0 Å². The van der Waals surface area contributed by atoms with Gasteiger partial charge in [-0.1, -0.05) is 0 Å². The van der Waals surface area contributed by atoms with E-state index in [1.807, 2.05) is 0 Å². The molecule has 0 fully saturated rings. The molecule has 1 aromatic heterocycles. The van der Waals surface area contributed by atoms with Crippen LogP contribution in [0, 0.1) is 0 Å². The molecule has 0 aliphatic heterocycles. The summed E-state index contributed by atoms with van der Waals surface area (Å²) in [5.41, 5.74) is 4.21. The van der Waals surface area contributed by atoms with Gasteiger partial charge in [0.2, 0.25) is 0 Å². The number of aryl methyl sites for hydroxylation is 1. The molecule has 0 radical (unpaired) electrons. The van der Waals surface area contributed by atoms with Crippen molar-refractivity contribution in [2.75, 3.05) is 5.73 Å². The third kappa shape index (κ3) is 2.04. The summed E-state index contributed by atoms with van der Waals surface area (Å²) < 4.78 is 36.5. The van der Waals surface area contributed by atoms with E-state index in [0.29, 0.717) is 4.68 Å². The fourth-order valence-corrected chi connectivity index (χ4v) is 0.755. The highest BCUT2D eigenvalue weighted by molar-refractivity contribution is 5.85. The Labute approximate surface area is 72.8 Å². The van der Waals surface area contributed by atoms with E-state index >= 15 is 0 Å². The molecule has 0 spiro atoms. The Morgan fingerprint density at radius 2 is 2.00 bits per heavy atom. The van der Waals surface area contributed by atoms with Crippen LogP contribution in [0.2, 0.25) is 0 Å². The van der Waals surface area contributed by atoms with Crippen LogP contribution in [0.25, 0.3) is 0 Å². The van der Waals surface area contributed by atoms with Crippen molar-refractivity contribution in [2.24, 2.45) is 7.05 Å². The van der Waals surface area contributed by atoms with Crippen LogP contribution < -0.4 is 5.73 Å². The van der Waals surface area contributed by atoms with Gasteiger partial charge in [-0.05, 0) is 0 Å². The number of nitrogens with two attached hydrogens (primary N) is 1. The molecular formula is C5H7ClF3N3. The van der Waals surface area contributed by atoms with Gasteiger partial charge in [0.05, 0.1) is 0 Å². The first-order valence-electron chi connectivity index (χ1n) is 2.78. The van der Waals surface area contributed by atoms with Crippen LogP contribution in [-0.2, 0) is 13.2 Å². The second kappa shape index (κ2) is 3.22. The normalized spacial score (nSPS) is 11.0. The van der Waals surface area contributed by atoms with E-state index in [4.69, 9.17) is 5.73 Å². The van der Waals surface area contributed by atoms with E-state index in [1.54, 1.807) is 0 Å². The lowest BCUT2D eigenvalue weighted by Gasteiger charge is -2.04. The topological polar surface area (TPSA) is 43.8 Å². The standard InChI is InChI=1S/C5H6F3N3.ClH/c1-11-3(5(6,7)8)2-4(9)10-11;/h2H,1H3,(H2,9,10);1H. The number of aromatic nitrogens is 2. The Balaban J connectivity index is 0.00000121. The van der Waals surface area contributed by atoms with Crippen molar-refractivity contribution in [3.05, 3.63) is 11.8 Å². The van der Waals surface area contributed by atoms with Crippen LogP contribution in [0.4, 0.5) is 19.0 Å². The summed E-state index contributed by atoms with van der Waals surface area (Å²) in [6, 6.07) is 0.792. The minimum absolute atomic E-state index is 0. The zero-order chi connectivity index (χ0) is 8.65. The van der Waals surface area contributed by atoms with Crippen LogP contribution in [-0.4, -0.2) is 9.78 Å². The van der Waals surface area contributed by atoms with E-state index < -0.39 is 11.9 Å². The lowest BCUT2D eigenvalue weighted by molar-refractivity contribution is -0.143. The highest BCUT2D eigenvalue weighted by Crippen LogP contribution is 2.29. The number of hydrogen-bond donors (Lipinski definition) is 1. The van der Waals surface area contributed by atoms with E-state index in [9.17, 15) is 13.2 Å². The molecule has 1 rings (SSSR count).